The first-order chi connectivity index (χ1) is 12.1. The third kappa shape index (κ3) is 3.71. The lowest BCUT2D eigenvalue weighted by molar-refractivity contribution is -0.140. The van der Waals surface area contributed by atoms with Crippen LogP contribution in [0.4, 0.5) is 5.69 Å². The second-order valence-corrected chi connectivity index (χ2v) is 6.66. The minimum absolute atomic E-state index is 0.0941. The fraction of sp³-hybridized carbons (Fsp3) is 0.474. The summed E-state index contributed by atoms with van der Waals surface area (Å²) in [5.74, 6) is -0.788. The number of hydrogen-bond acceptors (Lipinski definition) is 4. The van der Waals surface area contributed by atoms with E-state index in [1.54, 1.807) is 24.3 Å². The van der Waals surface area contributed by atoms with Crippen molar-refractivity contribution in [2.75, 3.05) is 11.9 Å². The van der Waals surface area contributed by atoms with Crippen molar-refractivity contribution in [2.24, 2.45) is 11.8 Å². The van der Waals surface area contributed by atoms with Crippen LogP contribution in [0, 0.1) is 23.2 Å². The summed E-state index contributed by atoms with van der Waals surface area (Å²) in [5, 5.41) is 11.4. The highest BCUT2D eigenvalue weighted by Crippen LogP contribution is 2.37. The maximum absolute atomic E-state index is 12.4. The maximum Gasteiger partial charge on any atom is 0.233 e. The van der Waals surface area contributed by atoms with Crippen LogP contribution in [0.1, 0.15) is 37.7 Å². The summed E-state index contributed by atoms with van der Waals surface area (Å²) in [6.07, 6.45) is 3.99. The van der Waals surface area contributed by atoms with Crippen molar-refractivity contribution < 1.29 is 14.4 Å². The molecule has 130 valence electrons. The lowest BCUT2D eigenvalue weighted by Gasteiger charge is -2.19. The third-order valence-electron chi connectivity index (χ3n) is 5.02. The summed E-state index contributed by atoms with van der Waals surface area (Å²) in [6.45, 7) is 0.142. The zero-order chi connectivity index (χ0) is 17.8. The summed E-state index contributed by atoms with van der Waals surface area (Å²) in [6, 6.07) is 9.13. The molecule has 1 heterocycles. The van der Waals surface area contributed by atoms with Crippen molar-refractivity contribution in [3.63, 3.8) is 0 Å². The molecule has 1 aliphatic carbocycles. The van der Waals surface area contributed by atoms with E-state index in [4.69, 9.17) is 5.26 Å². The average molecular weight is 339 g/mol. The molecule has 0 bridgehead atoms. The molecule has 1 aliphatic heterocycles. The molecule has 1 aromatic rings. The van der Waals surface area contributed by atoms with Crippen LogP contribution in [0.5, 0.6) is 0 Å². The number of nitrogens with zero attached hydrogens (tertiary/aromatic N) is 2. The number of anilines is 1. The molecule has 0 aromatic heterocycles. The van der Waals surface area contributed by atoms with Gasteiger partial charge in [0.05, 0.1) is 24.3 Å². The molecule has 1 saturated carbocycles. The van der Waals surface area contributed by atoms with Gasteiger partial charge in [-0.25, -0.2) is 0 Å². The Morgan fingerprint density at radius 3 is 2.28 bits per heavy atom. The molecule has 1 saturated heterocycles. The van der Waals surface area contributed by atoms with Gasteiger partial charge in [-0.2, -0.15) is 5.26 Å². The maximum atomic E-state index is 12.4. The van der Waals surface area contributed by atoms with Crippen molar-refractivity contribution in [3.05, 3.63) is 29.8 Å². The number of benzene rings is 1. The second-order valence-electron chi connectivity index (χ2n) is 6.66. The topological polar surface area (TPSA) is 90.3 Å². The van der Waals surface area contributed by atoms with Crippen LogP contribution < -0.4 is 5.32 Å². The highest BCUT2D eigenvalue weighted by Gasteiger charge is 2.47. The summed E-state index contributed by atoms with van der Waals surface area (Å²) in [5.41, 5.74) is 1.52. The number of carbonyl (C=O) groups is 3. The fourth-order valence-electron chi connectivity index (χ4n) is 3.69. The van der Waals surface area contributed by atoms with Gasteiger partial charge in [-0.1, -0.05) is 25.0 Å². The summed E-state index contributed by atoms with van der Waals surface area (Å²) < 4.78 is 0. The van der Waals surface area contributed by atoms with Gasteiger partial charge in [-0.3, -0.25) is 19.3 Å². The van der Waals surface area contributed by atoms with Crippen molar-refractivity contribution in [1.29, 1.82) is 5.26 Å². The normalized spacial score (nSPS) is 22.4. The molecule has 1 aromatic carbocycles. The van der Waals surface area contributed by atoms with Gasteiger partial charge >= 0.3 is 0 Å². The zero-order valence-corrected chi connectivity index (χ0v) is 14.0. The molecule has 2 aliphatic rings. The quantitative estimate of drug-likeness (QED) is 0.833. The van der Waals surface area contributed by atoms with Crippen LogP contribution in [0.2, 0.25) is 0 Å². The lowest BCUT2D eigenvalue weighted by atomic mass is 9.81. The largest absolute Gasteiger partial charge is 0.326 e. The number of carbonyl (C=O) groups excluding carboxylic acids is 3. The van der Waals surface area contributed by atoms with Crippen LogP contribution in [-0.4, -0.2) is 29.2 Å². The van der Waals surface area contributed by atoms with Gasteiger partial charge in [0, 0.05) is 18.7 Å². The van der Waals surface area contributed by atoms with E-state index in [-0.39, 0.29) is 42.5 Å². The van der Waals surface area contributed by atoms with Gasteiger partial charge in [-0.05, 0) is 30.5 Å². The molecular weight excluding hydrogens is 318 g/mol. The number of imide groups is 1. The smallest absolute Gasteiger partial charge is 0.233 e. The number of nitriles is 1. The van der Waals surface area contributed by atoms with Crippen LogP contribution in [0.3, 0.4) is 0 Å². The molecule has 0 radical (unpaired) electrons. The third-order valence-corrected chi connectivity index (χ3v) is 5.02. The Morgan fingerprint density at radius 1 is 1.12 bits per heavy atom. The fourth-order valence-corrected chi connectivity index (χ4v) is 3.69. The van der Waals surface area contributed by atoms with E-state index in [9.17, 15) is 14.4 Å². The monoisotopic (exact) mass is 339 g/mol. The Morgan fingerprint density at radius 2 is 1.72 bits per heavy atom. The molecular formula is C19H21N3O3. The highest BCUT2D eigenvalue weighted by atomic mass is 16.2. The first kappa shape index (κ1) is 17.2. The molecule has 0 unspecified atom stereocenters. The van der Waals surface area contributed by atoms with Gasteiger partial charge in [0.25, 0.3) is 0 Å². The molecule has 3 amide bonds. The first-order valence-electron chi connectivity index (χ1n) is 8.71. The molecule has 25 heavy (non-hydrogen) atoms. The van der Waals surface area contributed by atoms with Gasteiger partial charge < -0.3 is 5.32 Å². The van der Waals surface area contributed by atoms with Gasteiger partial charge in [0.1, 0.15) is 0 Å². The Hall–Kier alpha value is -2.68. The van der Waals surface area contributed by atoms with E-state index < -0.39 is 0 Å². The Kier molecular flexibility index (Phi) is 5.13. The summed E-state index contributed by atoms with van der Waals surface area (Å²) in [4.78, 5) is 38.1. The summed E-state index contributed by atoms with van der Waals surface area (Å²) in [7, 11) is 0. The van der Waals surface area contributed by atoms with Gasteiger partial charge in [-0.15, -0.1) is 0 Å². The van der Waals surface area contributed by atoms with Crippen LogP contribution >= 0.6 is 0 Å². The van der Waals surface area contributed by atoms with Gasteiger partial charge in [0.15, 0.2) is 0 Å². The Bertz CT molecular complexity index is 696. The predicted octanol–water partition coefficient (Wildman–Crippen LogP) is 2.26. The van der Waals surface area contributed by atoms with Crippen molar-refractivity contribution in [1.82, 2.24) is 4.90 Å². The standard InChI is InChI=1S/C19H21N3O3/c20-11-9-13-5-7-14(8-6-13)21-17(23)10-12-22-18(24)15-3-1-2-4-16(15)19(22)25/h5-8,15-16H,1-4,9-10,12H2,(H,21,23)/t15-,16-/m0/s1. The molecule has 6 nitrogen and oxygen atoms in total. The molecule has 2 fully saturated rings. The van der Waals surface area contributed by atoms with Crippen LogP contribution in [-0.2, 0) is 20.8 Å². The van der Waals surface area contributed by atoms with E-state index >= 15 is 0 Å². The zero-order valence-electron chi connectivity index (χ0n) is 14.0. The Balaban J connectivity index is 1.53. The molecule has 0 spiro atoms. The molecule has 2 atom stereocenters. The second kappa shape index (κ2) is 7.47. The molecule has 3 rings (SSSR count). The van der Waals surface area contributed by atoms with E-state index in [0.29, 0.717) is 12.1 Å². The number of rotatable bonds is 5. The molecule has 6 heteroatoms. The first-order valence-corrected chi connectivity index (χ1v) is 8.71. The number of nitrogens with one attached hydrogen (secondary N) is 1. The summed E-state index contributed by atoms with van der Waals surface area (Å²) >= 11 is 0. The van der Waals surface area contributed by atoms with Gasteiger partial charge in [0.2, 0.25) is 17.7 Å². The van der Waals surface area contributed by atoms with E-state index in [1.165, 1.54) is 4.90 Å². The number of fused-ring (bicyclic) bond motifs is 1. The minimum Gasteiger partial charge on any atom is -0.326 e. The van der Waals surface area contributed by atoms with Crippen molar-refractivity contribution >= 4 is 23.4 Å². The lowest BCUT2D eigenvalue weighted by Crippen LogP contribution is -2.34. The van der Waals surface area contributed by atoms with E-state index in [1.807, 2.05) is 0 Å². The predicted molar refractivity (Wildman–Crippen MR) is 91.2 cm³/mol. The SMILES string of the molecule is N#CCc1ccc(NC(=O)CCN2C(=O)[C@H]3CCCC[C@@H]3C2=O)cc1. The molecule has 1 N–H and O–H groups in total. The average Bonchev–Trinajstić information content (AvgIpc) is 2.86. The van der Waals surface area contributed by atoms with Crippen molar-refractivity contribution in [2.45, 2.75) is 38.5 Å². The van der Waals surface area contributed by atoms with Crippen molar-refractivity contribution in [3.8, 4) is 6.07 Å². The number of amides is 3. The van der Waals surface area contributed by atoms with Crippen LogP contribution in [0.15, 0.2) is 24.3 Å². The highest BCUT2D eigenvalue weighted by molar-refractivity contribution is 6.05. The van der Waals surface area contributed by atoms with E-state index in [2.05, 4.69) is 11.4 Å². The Labute approximate surface area is 146 Å². The van der Waals surface area contributed by atoms with E-state index in [0.717, 1.165) is 31.2 Å². The number of hydrogen-bond donors (Lipinski definition) is 1. The van der Waals surface area contributed by atoms with Crippen LogP contribution in [0.25, 0.3) is 0 Å². The minimum atomic E-state index is -0.233. The number of likely N-dealkylation sites (tertiary alicyclic amines) is 1.